The number of thioether (sulfide) groups is 1. The Hall–Kier alpha value is -0.980. The van der Waals surface area contributed by atoms with Crippen LogP contribution in [-0.4, -0.2) is 10.9 Å². The minimum Gasteiger partial charge on any atom is -0.389 e. The zero-order valence-electron chi connectivity index (χ0n) is 10.7. The molecule has 1 aliphatic carbocycles. The van der Waals surface area contributed by atoms with E-state index in [4.69, 9.17) is 5.26 Å². The molecular weight excluding hydrogens is 242 g/mol. The Labute approximate surface area is 113 Å². The number of nitriles is 1. The van der Waals surface area contributed by atoms with Crippen LogP contribution in [-0.2, 0) is 0 Å². The SMILES string of the molecule is C[C@@H](O)c1ccc(C#N)cc1SCC1CCCC1. The smallest absolute Gasteiger partial charge is 0.0992 e. The molecule has 1 N–H and O–H groups in total. The molecule has 0 aromatic heterocycles. The molecule has 0 bridgehead atoms. The van der Waals surface area contributed by atoms with Crippen LogP contribution >= 0.6 is 11.8 Å². The summed E-state index contributed by atoms with van der Waals surface area (Å²) in [5.74, 6) is 1.91. The standard InChI is InChI=1S/C15H19NOS/c1-11(17)14-7-6-13(9-16)8-15(14)18-10-12-4-2-3-5-12/h6-8,11-12,17H,2-5,10H2,1H3/t11-/m1/s1. The summed E-state index contributed by atoms with van der Waals surface area (Å²) >= 11 is 1.79. The largest absolute Gasteiger partial charge is 0.389 e. The van der Waals surface area contributed by atoms with Crippen LogP contribution in [0.25, 0.3) is 0 Å². The van der Waals surface area contributed by atoms with Crippen LogP contribution in [0.3, 0.4) is 0 Å². The van der Waals surface area contributed by atoms with Gasteiger partial charge in [-0.05, 0) is 43.4 Å². The summed E-state index contributed by atoms with van der Waals surface area (Å²) in [7, 11) is 0. The highest BCUT2D eigenvalue weighted by Gasteiger charge is 2.17. The maximum absolute atomic E-state index is 9.76. The molecule has 0 spiro atoms. The Kier molecular flexibility index (Phi) is 4.68. The van der Waals surface area contributed by atoms with Crippen molar-refractivity contribution < 1.29 is 5.11 Å². The van der Waals surface area contributed by atoms with E-state index in [9.17, 15) is 5.11 Å². The number of nitrogens with zero attached hydrogens (tertiary/aromatic N) is 1. The van der Waals surface area contributed by atoms with Gasteiger partial charge in [-0.15, -0.1) is 11.8 Å². The molecule has 1 aliphatic rings. The Morgan fingerprint density at radius 2 is 2.17 bits per heavy atom. The van der Waals surface area contributed by atoms with Crippen molar-refractivity contribution in [2.45, 2.75) is 43.6 Å². The van der Waals surface area contributed by atoms with E-state index in [0.29, 0.717) is 5.56 Å². The highest BCUT2D eigenvalue weighted by Crippen LogP contribution is 2.34. The van der Waals surface area contributed by atoms with Gasteiger partial charge in [0, 0.05) is 10.6 Å². The number of aliphatic hydroxyl groups is 1. The fraction of sp³-hybridized carbons (Fsp3) is 0.533. The third-order valence-electron chi connectivity index (χ3n) is 3.54. The predicted octanol–water partition coefficient (Wildman–Crippen LogP) is 3.89. The molecule has 0 aliphatic heterocycles. The molecule has 2 rings (SSSR count). The van der Waals surface area contributed by atoms with Gasteiger partial charge in [-0.25, -0.2) is 0 Å². The van der Waals surface area contributed by atoms with E-state index in [1.54, 1.807) is 24.8 Å². The quantitative estimate of drug-likeness (QED) is 0.836. The Bertz CT molecular complexity index is 444. The molecule has 3 heteroatoms. The first-order valence-electron chi connectivity index (χ1n) is 6.55. The van der Waals surface area contributed by atoms with Crippen LogP contribution in [0, 0.1) is 17.2 Å². The molecule has 0 heterocycles. The maximum atomic E-state index is 9.76. The third kappa shape index (κ3) is 3.28. The predicted molar refractivity (Wildman–Crippen MR) is 74.5 cm³/mol. The molecule has 1 fully saturated rings. The number of hydrogen-bond donors (Lipinski definition) is 1. The van der Waals surface area contributed by atoms with Crippen molar-refractivity contribution in [3.63, 3.8) is 0 Å². The Morgan fingerprint density at radius 1 is 1.44 bits per heavy atom. The molecule has 0 radical (unpaired) electrons. The van der Waals surface area contributed by atoms with Crippen molar-refractivity contribution in [2.75, 3.05) is 5.75 Å². The van der Waals surface area contributed by atoms with Crippen LogP contribution < -0.4 is 0 Å². The molecular formula is C15H19NOS. The summed E-state index contributed by atoms with van der Waals surface area (Å²) in [5.41, 5.74) is 1.62. The van der Waals surface area contributed by atoms with Crippen LogP contribution in [0.15, 0.2) is 23.1 Å². The van der Waals surface area contributed by atoms with Crippen molar-refractivity contribution in [3.05, 3.63) is 29.3 Å². The highest BCUT2D eigenvalue weighted by molar-refractivity contribution is 7.99. The van der Waals surface area contributed by atoms with Crippen molar-refractivity contribution in [2.24, 2.45) is 5.92 Å². The molecule has 18 heavy (non-hydrogen) atoms. The monoisotopic (exact) mass is 261 g/mol. The number of hydrogen-bond acceptors (Lipinski definition) is 3. The molecule has 1 aromatic carbocycles. The molecule has 2 nitrogen and oxygen atoms in total. The van der Waals surface area contributed by atoms with Gasteiger partial charge >= 0.3 is 0 Å². The third-order valence-corrected chi connectivity index (χ3v) is 4.84. The summed E-state index contributed by atoms with van der Waals surface area (Å²) < 4.78 is 0. The minimum atomic E-state index is -0.469. The number of benzene rings is 1. The van der Waals surface area contributed by atoms with Gasteiger partial charge in [0.15, 0.2) is 0 Å². The molecule has 0 amide bonds. The lowest BCUT2D eigenvalue weighted by Crippen LogP contribution is -2.00. The lowest BCUT2D eigenvalue weighted by molar-refractivity contribution is 0.196. The average Bonchev–Trinajstić information content (AvgIpc) is 2.88. The van der Waals surface area contributed by atoms with E-state index in [1.807, 2.05) is 12.1 Å². The molecule has 0 unspecified atom stereocenters. The minimum absolute atomic E-state index is 0.469. The molecule has 96 valence electrons. The first kappa shape index (κ1) is 13.5. The summed E-state index contributed by atoms with van der Waals surface area (Å²) in [6.07, 6.45) is 4.90. The van der Waals surface area contributed by atoms with Gasteiger partial charge in [-0.3, -0.25) is 0 Å². The van der Waals surface area contributed by atoms with E-state index in [2.05, 4.69) is 6.07 Å². The van der Waals surface area contributed by atoms with Crippen LogP contribution in [0.5, 0.6) is 0 Å². The fourth-order valence-electron chi connectivity index (χ4n) is 2.46. The Balaban J connectivity index is 2.10. The second-order valence-electron chi connectivity index (χ2n) is 5.00. The second-order valence-corrected chi connectivity index (χ2v) is 6.06. The lowest BCUT2D eigenvalue weighted by Gasteiger charge is -2.14. The first-order valence-corrected chi connectivity index (χ1v) is 7.54. The van der Waals surface area contributed by atoms with Crippen molar-refractivity contribution >= 4 is 11.8 Å². The summed E-state index contributed by atoms with van der Waals surface area (Å²) in [6.45, 7) is 1.78. The molecule has 1 aromatic rings. The molecule has 1 saturated carbocycles. The molecule has 0 saturated heterocycles. The van der Waals surface area contributed by atoms with E-state index in [1.165, 1.54) is 25.7 Å². The van der Waals surface area contributed by atoms with Gasteiger partial charge in [-0.2, -0.15) is 5.26 Å². The van der Waals surface area contributed by atoms with Gasteiger partial charge in [0.2, 0.25) is 0 Å². The summed E-state index contributed by atoms with van der Waals surface area (Å²) in [5, 5.41) is 18.7. The van der Waals surface area contributed by atoms with E-state index in [0.717, 1.165) is 22.1 Å². The van der Waals surface area contributed by atoms with Gasteiger partial charge in [0.05, 0.1) is 17.7 Å². The van der Waals surface area contributed by atoms with E-state index < -0.39 is 6.10 Å². The first-order chi connectivity index (χ1) is 8.70. The fourth-order valence-corrected chi connectivity index (χ4v) is 3.82. The zero-order valence-corrected chi connectivity index (χ0v) is 11.5. The Morgan fingerprint density at radius 3 is 2.78 bits per heavy atom. The lowest BCUT2D eigenvalue weighted by atomic mass is 10.1. The number of aliphatic hydroxyl groups excluding tert-OH is 1. The van der Waals surface area contributed by atoms with Crippen LogP contribution in [0.4, 0.5) is 0 Å². The van der Waals surface area contributed by atoms with Gasteiger partial charge < -0.3 is 5.11 Å². The van der Waals surface area contributed by atoms with E-state index >= 15 is 0 Å². The van der Waals surface area contributed by atoms with Gasteiger partial charge in [0.25, 0.3) is 0 Å². The van der Waals surface area contributed by atoms with Gasteiger partial charge in [-0.1, -0.05) is 18.9 Å². The summed E-state index contributed by atoms with van der Waals surface area (Å²) in [4.78, 5) is 1.07. The molecule has 1 atom stereocenters. The van der Waals surface area contributed by atoms with Gasteiger partial charge in [0.1, 0.15) is 0 Å². The van der Waals surface area contributed by atoms with E-state index in [-0.39, 0.29) is 0 Å². The zero-order chi connectivity index (χ0) is 13.0. The summed E-state index contributed by atoms with van der Waals surface area (Å²) in [6, 6.07) is 7.73. The van der Waals surface area contributed by atoms with Crippen LogP contribution in [0.1, 0.15) is 49.8 Å². The van der Waals surface area contributed by atoms with Crippen molar-refractivity contribution in [1.82, 2.24) is 0 Å². The normalized spacial score (nSPS) is 17.6. The topological polar surface area (TPSA) is 44.0 Å². The van der Waals surface area contributed by atoms with Crippen molar-refractivity contribution in [3.8, 4) is 6.07 Å². The van der Waals surface area contributed by atoms with Crippen LogP contribution in [0.2, 0.25) is 0 Å². The average molecular weight is 261 g/mol. The highest BCUT2D eigenvalue weighted by atomic mass is 32.2. The number of rotatable bonds is 4. The van der Waals surface area contributed by atoms with Crippen molar-refractivity contribution in [1.29, 1.82) is 5.26 Å². The maximum Gasteiger partial charge on any atom is 0.0992 e. The second kappa shape index (κ2) is 6.26.